The van der Waals surface area contributed by atoms with Crippen molar-refractivity contribution in [1.82, 2.24) is 0 Å². The summed E-state index contributed by atoms with van der Waals surface area (Å²) in [6, 6.07) is 6.74. The van der Waals surface area contributed by atoms with Gasteiger partial charge in [-0.1, -0.05) is 12.1 Å². The van der Waals surface area contributed by atoms with Gasteiger partial charge >= 0.3 is 5.97 Å². The van der Waals surface area contributed by atoms with Crippen molar-refractivity contribution in [2.24, 2.45) is 0 Å². The lowest BCUT2D eigenvalue weighted by Crippen LogP contribution is -2.18. The van der Waals surface area contributed by atoms with E-state index in [1.54, 1.807) is 31.2 Å². The van der Waals surface area contributed by atoms with Crippen LogP contribution >= 0.6 is 0 Å². The van der Waals surface area contributed by atoms with Crippen molar-refractivity contribution >= 4 is 17.6 Å². The van der Waals surface area contributed by atoms with E-state index in [9.17, 15) is 9.59 Å². The molecule has 0 bridgehead atoms. The van der Waals surface area contributed by atoms with Crippen LogP contribution in [-0.4, -0.2) is 30.2 Å². The highest BCUT2D eigenvalue weighted by molar-refractivity contribution is 5.91. The summed E-state index contributed by atoms with van der Waals surface area (Å²) in [5.74, 6) is -1.66. The fourth-order valence-electron chi connectivity index (χ4n) is 1.39. The summed E-state index contributed by atoms with van der Waals surface area (Å²) < 4.78 is 4.97. The summed E-state index contributed by atoms with van der Waals surface area (Å²) in [4.78, 5) is 22.2. The summed E-state index contributed by atoms with van der Waals surface area (Å²) in [5.41, 5.74) is 1.33. The van der Waals surface area contributed by atoms with Crippen LogP contribution in [-0.2, 0) is 14.3 Å². The number of carbonyl (C=O) groups excluding carboxylic acids is 1. The van der Waals surface area contributed by atoms with Crippen molar-refractivity contribution < 1.29 is 19.4 Å². The molecule has 0 spiro atoms. The summed E-state index contributed by atoms with van der Waals surface area (Å²) in [6.45, 7) is 3.94. The molecule has 0 heterocycles. The van der Waals surface area contributed by atoms with E-state index < -0.39 is 11.9 Å². The number of benzene rings is 1. The molecule has 1 atom stereocenters. The highest BCUT2D eigenvalue weighted by Gasteiger charge is 2.13. The molecule has 0 aliphatic heterocycles. The Morgan fingerprint density at radius 2 is 1.94 bits per heavy atom. The van der Waals surface area contributed by atoms with Gasteiger partial charge in [0.05, 0.1) is 5.92 Å². The summed E-state index contributed by atoms with van der Waals surface area (Å²) >= 11 is 0. The maximum Gasteiger partial charge on any atom is 0.310 e. The molecule has 18 heavy (non-hydrogen) atoms. The van der Waals surface area contributed by atoms with Crippen molar-refractivity contribution in [3.05, 3.63) is 29.8 Å². The van der Waals surface area contributed by atoms with Crippen molar-refractivity contribution in [2.45, 2.75) is 19.8 Å². The number of amides is 1. The number of ether oxygens (including phenoxy) is 1. The minimum atomic E-state index is -0.872. The molecule has 1 unspecified atom stereocenters. The van der Waals surface area contributed by atoms with Gasteiger partial charge in [-0.2, -0.15) is 0 Å². The van der Waals surface area contributed by atoms with Crippen molar-refractivity contribution in [1.29, 1.82) is 0 Å². The topological polar surface area (TPSA) is 75.6 Å². The van der Waals surface area contributed by atoms with Crippen molar-refractivity contribution in [3.63, 3.8) is 0 Å². The third kappa shape index (κ3) is 4.18. The first-order chi connectivity index (χ1) is 8.54. The molecule has 0 radical (unpaired) electrons. The standard InChI is InChI=1S/C13H17NO4/c1-3-18-8-12(15)14-11-6-4-10(5-7-11)9(2)13(16)17/h4-7,9H,3,8H2,1-2H3,(H,14,15)(H,16,17). The first kappa shape index (κ1) is 14.2. The van der Waals surface area contributed by atoms with Crippen LogP contribution < -0.4 is 5.32 Å². The van der Waals surface area contributed by atoms with Gasteiger partial charge in [-0.15, -0.1) is 0 Å². The number of hydrogen-bond donors (Lipinski definition) is 2. The average Bonchev–Trinajstić information content (AvgIpc) is 2.36. The molecule has 0 aliphatic rings. The van der Waals surface area contributed by atoms with Gasteiger partial charge in [0.1, 0.15) is 6.61 Å². The van der Waals surface area contributed by atoms with Crippen molar-refractivity contribution in [3.8, 4) is 0 Å². The molecule has 0 fully saturated rings. The molecule has 5 nitrogen and oxygen atoms in total. The first-order valence-corrected chi connectivity index (χ1v) is 5.75. The van der Waals surface area contributed by atoms with E-state index in [0.29, 0.717) is 17.9 Å². The summed E-state index contributed by atoms with van der Waals surface area (Å²) in [5, 5.41) is 11.5. The molecule has 0 saturated carbocycles. The monoisotopic (exact) mass is 251 g/mol. The molecule has 1 rings (SSSR count). The number of carboxylic acids is 1. The van der Waals surface area contributed by atoms with Gasteiger partial charge in [-0.25, -0.2) is 0 Å². The van der Waals surface area contributed by atoms with Gasteiger partial charge in [0.25, 0.3) is 0 Å². The molecule has 0 aliphatic carbocycles. The lowest BCUT2D eigenvalue weighted by Gasteiger charge is -2.09. The Bertz CT molecular complexity index is 414. The molecule has 0 aromatic heterocycles. The van der Waals surface area contributed by atoms with E-state index in [1.165, 1.54) is 0 Å². The minimum absolute atomic E-state index is 0.0176. The zero-order valence-electron chi connectivity index (χ0n) is 10.5. The number of carboxylic acid groups (broad SMARTS) is 1. The smallest absolute Gasteiger partial charge is 0.310 e. The number of hydrogen-bond acceptors (Lipinski definition) is 3. The van der Waals surface area contributed by atoms with Gasteiger partial charge in [0.2, 0.25) is 5.91 Å². The average molecular weight is 251 g/mol. The number of nitrogens with one attached hydrogen (secondary N) is 1. The first-order valence-electron chi connectivity index (χ1n) is 5.75. The quantitative estimate of drug-likeness (QED) is 0.809. The largest absolute Gasteiger partial charge is 0.481 e. The van der Waals surface area contributed by atoms with Gasteiger partial charge in [-0.05, 0) is 31.5 Å². The number of anilines is 1. The molecule has 0 saturated heterocycles. The van der Waals surface area contributed by atoms with Gasteiger partial charge < -0.3 is 15.2 Å². The van der Waals surface area contributed by atoms with Gasteiger partial charge in [0.15, 0.2) is 0 Å². The van der Waals surface area contributed by atoms with E-state index in [0.717, 1.165) is 0 Å². The zero-order valence-corrected chi connectivity index (χ0v) is 10.5. The molecule has 1 aromatic rings. The number of carbonyl (C=O) groups is 2. The second kappa shape index (κ2) is 6.76. The Balaban J connectivity index is 2.60. The predicted octanol–water partition coefficient (Wildman–Crippen LogP) is 1.85. The van der Waals surface area contributed by atoms with Crippen molar-refractivity contribution in [2.75, 3.05) is 18.5 Å². The Hall–Kier alpha value is -1.88. The Morgan fingerprint density at radius 1 is 1.33 bits per heavy atom. The molecule has 1 aromatic carbocycles. The third-order valence-corrected chi connectivity index (χ3v) is 2.50. The Labute approximate surface area is 106 Å². The number of rotatable bonds is 6. The Morgan fingerprint density at radius 3 is 2.44 bits per heavy atom. The molecule has 2 N–H and O–H groups in total. The van der Waals surface area contributed by atoms with Crippen LogP contribution in [0.25, 0.3) is 0 Å². The molecule has 98 valence electrons. The van der Waals surface area contributed by atoms with Crippen LogP contribution in [0.5, 0.6) is 0 Å². The van der Waals surface area contributed by atoms with Crippen LogP contribution in [0.15, 0.2) is 24.3 Å². The van der Waals surface area contributed by atoms with Crippen LogP contribution in [0.4, 0.5) is 5.69 Å². The van der Waals surface area contributed by atoms with E-state index >= 15 is 0 Å². The second-order valence-electron chi connectivity index (χ2n) is 3.87. The fraction of sp³-hybridized carbons (Fsp3) is 0.385. The lowest BCUT2D eigenvalue weighted by molar-refractivity contribution is -0.138. The molecular weight excluding hydrogens is 234 g/mol. The van der Waals surface area contributed by atoms with E-state index in [2.05, 4.69) is 5.32 Å². The van der Waals surface area contributed by atoms with Crippen LogP contribution in [0.2, 0.25) is 0 Å². The molecular formula is C13H17NO4. The summed E-state index contributed by atoms with van der Waals surface area (Å²) in [7, 11) is 0. The zero-order chi connectivity index (χ0) is 13.5. The highest BCUT2D eigenvalue weighted by atomic mass is 16.5. The van der Waals surface area contributed by atoms with Crippen LogP contribution in [0, 0.1) is 0 Å². The van der Waals surface area contributed by atoms with E-state index in [1.807, 2.05) is 6.92 Å². The Kier molecular flexibility index (Phi) is 5.32. The van der Waals surface area contributed by atoms with E-state index in [4.69, 9.17) is 9.84 Å². The highest BCUT2D eigenvalue weighted by Crippen LogP contribution is 2.18. The minimum Gasteiger partial charge on any atom is -0.481 e. The second-order valence-corrected chi connectivity index (χ2v) is 3.87. The fourth-order valence-corrected chi connectivity index (χ4v) is 1.39. The molecule has 5 heteroatoms. The number of aliphatic carboxylic acids is 1. The van der Waals surface area contributed by atoms with Gasteiger partial charge in [0, 0.05) is 12.3 Å². The molecule has 1 amide bonds. The predicted molar refractivity (Wildman–Crippen MR) is 67.6 cm³/mol. The van der Waals surface area contributed by atoms with Gasteiger partial charge in [-0.3, -0.25) is 9.59 Å². The van der Waals surface area contributed by atoms with Crippen LogP contribution in [0.1, 0.15) is 25.3 Å². The SMILES string of the molecule is CCOCC(=O)Nc1ccc(C(C)C(=O)O)cc1. The maximum absolute atomic E-state index is 11.4. The van der Waals surface area contributed by atoms with E-state index in [-0.39, 0.29) is 12.5 Å². The maximum atomic E-state index is 11.4. The van der Waals surface area contributed by atoms with Crippen LogP contribution in [0.3, 0.4) is 0 Å². The lowest BCUT2D eigenvalue weighted by atomic mass is 10.0. The summed E-state index contributed by atoms with van der Waals surface area (Å²) in [6.07, 6.45) is 0. The normalized spacial score (nSPS) is 11.9. The third-order valence-electron chi connectivity index (χ3n) is 2.50.